The Balaban J connectivity index is 1.81. The van der Waals surface area contributed by atoms with E-state index in [0.29, 0.717) is 26.2 Å². The number of hydrogen-bond acceptors (Lipinski definition) is 4. The monoisotopic (exact) mass is 366 g/mol. The van der Waals surface area contributed by atoms with E-state index in [4.69, 9.17) is 4.74 Å². The van der Waals surface area contributed by atoms with Crippen LogP contribution in [0, 0.1) is 5.41 Å². The van der Waals surface area contributed by atoms with Gasteiger partial charge in [0.15, 0.2) is 0 Å². The van der Waals surface area contributed by atoms with Crippen molar-refractivity contribution in [1.29, 1.82) is 0 Å². The first-order chi connectivity index (χ1) is 11.6. The van der Waals surface area contributed by atoms with Crippen LogP contribution < -0.4 is 4.74 Å². The zero-order valence-electron chi connectivity index (χ0n) is 15.3. The Morgan fingerprint density at radius 2 is 1.60 bits per heavy atom. The van der Waals surface area contributed by atoms with Crippen molar-refractivity contribution >= 4 is 15.9 Å². The van der Waals surface area contributed by atoms with Gasteiger partial charge in [-0.3, -0.25) is 4.79 Å². The fourth-order valence-electron chi connectivity index (χ4n) is 3.97. The molecular formula is C18H26N2O4S. The van der Waals surface area contributed by atoms with Crippen LogP contribution in [0.15, 0.2) is 24.3 Å². The van der Waals surface area contributed by atoms with Crippen LogP contribution >= 0.6 is 0 Å². The summed E-state index contributed by atoms with van der Waals surface area (Å²) in [4.78, 5) is 15.2. The zero-order valence-corrected chi connectivity index (χ0v) is 16.1. The van der Waals surface area contributed by atoms with Crippen LogP contribution in [0.1, 0.15) is 25.8 Å². The summed E-state index contributed by atoms with van der Waals surface area (Å²) in [6.45, 7) is 5.84. The number of piperazine rings is 1. The average molecular weight is 366 g/mol. The third-order valence-corrected chi connectivity index (χ3v) is 6.98. The summed E-state index contributed by atoms with van der Waals surface area (Å²) in [6.07, 6.45) is 2.02. The molecule has 0 spiro atoms. The number of sulfonamides is 1. The fraction of sp³-hybridized carbons (Fsp3) is 0.611. The molecule has 0 bridgehead atoms. The van der Waals surface area contributed by atoms with Crippen LogP contribution in [0.5, 0.6) is 5.75 Å². The topological polar surface area (TPSA) is 66.9 Å². The van der Waals surface area contributed by atoms with Gasteiger partial charge in [-0.25, -0.2) is 8.42 Å². The molecule has 1 unspecified atom stereocenters. The van der Waals surface area contributed by atoms with Gasteiger partial charge in [-0.1, -0.05) is 26.0 Å². The quantitative estimate of drug-likeness (QED) is 0.809. The molecule has 1 aromatic carbocycles. The number of carbonyl (C=O) groups excluding carboxylic acids is 1. The van der Waals surface area contributed by atoms with Gasteiger partial charge in [0, 0.05) is 26.2 Å². The van der Waals surface area contributed by atoms with Gasteiger partial charge in [0.05, 0.1) is 18.8 Å². The van der Waals surface area contributed by atoms with Crippen molar-refractivity contribution in [3.05, 3.63) is 29.8 Å². The van der Waals surface area contributed by atoms with Crippen LogP contribution in [0.2, 0.25) is 0 Å². The number of benzene rings is 1. The van der Waals surface area contributed by atoms with Crippen LogP contribution in [0.25, 0.3) is 0 Å². The van der Waals surface area contributed by atoms with Gasteiger partial charge in [-0.2, -0.15) is 4.31 Å². The Morgan fingerprint density at radius 3 is 2.00 bits per heavy atom. The maximum atomic E-state index is 13.3. The fourth-order valence-corrected chi connectivity index (χ4v) is 4.79. The third-order valence-electron chi connectivity index (χ3n) is 5.68. The Hall–Kier alpha value is -1.60. The largest absolute Gasteiger partial charge is 0.497 e. The van der Waals surface area contributed by atoms with Gasteiger partial charge in [-0.15, -0.1) is 0 Å². The number of nitrogens with zero attached hydrogens (tertiary/aromatic N) is 2. The first-order valence-corrected chi connectivity index (χ1v) is 10.4. The summed E-state index contributed by atoms with van der Waals surface area (Å²) >= 11 is 0. The first-order valence-electron chi connectivity index (χ1n) is 8.51. The highest BCUT2D eigenvalue weighted by molar-refractivity contribution is 7.88. The first kappa shape index (κ1) is 18.2. The lowest BCUT2D eigenvalue weighted by Crippen LogP contribution is -2.53. The number of amides is 1. The van der Waals surface area contributed by atoms with Gasteiger partial charge in [0.25, 0.3) is 0 Å². The van der Waals surface area contributed by atoms with Crippen molar-refractivity contribution in [1.82, 2.24) is 9.21 Å². The summed E-state index contributed by atoms with van der Waals surface area (Å²) in [5.41, 5.74) is 0.382. The molecule has 0 N–H and O–H groups in total. The van der Waals surface area contributed by atoms with Gasteiger partial charge in [0.2, 0.25) is 15.9 Å². The van der Waals surface area contributed by atoms with Gasteiger partial charge in [0.1, 0.15) is 5.75 Å². The van der Waals surface area contributed by atoms with Crippen molar-refractivity contribution in [2.45, 2.75) is 25.7 Å². The molecule has 1 aliphatic carbocycles. The van der Waals surface area contributed by atoms with Gasteiger partial charge < -0.3 is 9.64 Å². The minimum atomic E-state index is -3.20. The van der Waals surface area contributed by atoms with E-state index in [9.17, 15) is 13.2 Å². The summed E-state index contributed by atoms with van der Waals surface area (Å²) in [6, 6.07) is 7.72. The van der Waals surface area contributed by atoms with E-state index in [1.807, 2.05) is 29.2 Å². The Bertz CT molecular complexity index is 765. The van der Waals surface area contributed by atoms with Crippen LogP contribution in [-0.2, 0) is 20.2 Å². The predicted octanol–water partition coefficient (Wildman–Crippen LogP) is 1.47. The Kier molecular flexibility index (Phi) is 4.36. The molecule has 0 aromatic heterocycles. The maximum Gasteiger partial charge on any atom is 0.233 e. The van der Waals surface area contributed by atoms with E-state index in [0.717, 1.165) is 17.7 Å². The van der Waals surface area contributed by atoms with Crippen molar-refractivity contribution in [2.24, 2.45) is 5.41 Å². The van der Waals surface area contributed by atoms with E-state index in [1.54, 1.807) is 7.11 Å². The zero-order chi connectivity index (χ0) is 18.5. The number of carbonyl (C=O) groups is 1. The van der Waals surface area contributed by atoms with Crippen molar-refractivity contribution < 1.29 is 17.9 Å². The molecule has 0 radical (unpaired) electrons. The molecule has 7 heteroatoms. The molecule has 2 aliphatic rings. The van der Waals surface area contributed by atoms with Gasteiger partial charge >= 0.3 is 0 Å². The summed E-state index contributed by atoms with van der Waals surface area (Å²) in [7, 11) is -1.57. The SMILES string of the molecule is COc1ccc(C2(C(=O)N3CCN(S(C)(=O)=O)CC3)CC2(C)C)cc1. The van der Waals surface area contributed by atoms with Crippen LogP contribution in [-0.4, -0.2) is 63.1 Å². The summed E-state index contributed by atoms with van der Waals surface area (Å²) in [5.74, 6) is 0.877. The smallest absolute Gasteiger partial charge is 0.233 e. The minimum absolute atomic E-state index is 0.105. The molecule has 25 heavy (non-hydrogen) atoms. The lowest BCUT2D eigenvalue weighted by molar-refractivity contribution is -0.136. The predicted molar refractivity (Wildman–Crippen MR) is 96.1 cm³/mol. The summed E-state index contributed by atoms with van der Waals surface area (Å²) < 4.78 is 30.0. The highest BCUT2D eigenvalue weighted by atomic mass is 32.2. The van der Waals surface area contributed by atoms with Crippen LogP contribution in [0.4, 0.5) is 0 Å². The molecule has 3 rings (SSSR count). The van der Waals surface area contributed by atoms with Crippen molar-refractivity contribution in [2.75, 3.05) is 39.5 Å². The number of hydrogen-bond donors (Lipinski definition) is 0. The number of rotatable bonds is 4. The highest BCUT2D eigenvalue weighted by Gasteiger charge is 2.68. The second-order valence-corrected chi connectivity index (χ2v) is 9.63. The van der Waals surface area contributed by atoms with E-state index >= 15 is 0 Å². The standard InChI is InChI=1S/C18H26N2O4S/c1-17(2)13-18(17,14-5-7-15(24-3)8-6-14)16(21)19-9-11-20(12-10-19)25(4,22)23/h5-8H,9-13H2,1-4H3. The molecule has 6 nitrogen and oxygen atoms in total. The number of methoxy groups -OCH3 is 1. The Morgan fingerprint density at radius 1 is 1.08 bits per heavy atom. The highest BCUT2D eigenvalue weighted by Crippen LogP contribution is 2.65. The lowest BCUT2D eigenvalue weighted by atomic mass is 9.86. The maximum absolute atomic E-state index is 13.3. The van der Waals surface area contributed by atoms with E-state index in [1.165, 1.54) is 10.6 Å². The number of ether oxygens (including phenoxy) is 1. The molecule has 1 aliphatic heterocycles. The molecule has 1 heterocycles. The van der Waals surface area contributed by atoms with Gasteiger partial charge in [-0.05, 0) is 29.5 Å². The molecule has 1 amide bonds. The third kappa shape index (κ3) is 3.04. The summed E-state index contributed by atoms with van der Waals surface area (Å²) in [5, 5.41) is 0. The lowest BCUT2D eigenvalue weighted by Gasteiger charge is -2.36. The van der Waals surface area contributed by atoms with Crippen molar-refractivity contribution in [3.8, 4) is 5.75 Å². The molecule has 1 saturated heterocycles. The molecule has 1 atom stereocenters. The van der Waals surface area contributed by atoms with E-state index in [-0.39, 0.29) is 11.3 Å². The van der Waals surface area contributed by atoms with Crippen molar-refractivity contribution in [3.63, 3.8) is 0 Å². The normalized spacial score (nSPS) is 26.3. The van der Waals surface area contributed by atoms with Crippen LogP contribution in [0.3, 0.4) is 0 Å². The molecule has 138 valence electrons. The van der Waals surface area contributed by atoms with E-state index in [2.05, 4.69) is 13.8 Å². The molecule has 2 fully saturated rings. The second-order valence-electron chi connectivity index (χ2n) is 7.65. The molecule has 1 aromatic rings. The van der Waals surface area contributed by atoms with E-state index < -0.39 is 15.4 Å². The average Bonchev–Trinajstić information content (AvgIpc) is 3.17. The molecular weight excluding hydrogens is 340 g/mol. The molecule has 1 saturated carbocycles. The second kappa shape index (κ2) is 5.99. The minimum Gasteiger partial charge on any atom is -0.497 e. The Labute approximate surface area is 149 Å².